The summed E-state index contributed by atoms with van der Waals surface area (Å²) < 4.78 is 0.634. The Morgan fingerprint density at radius 2 is 0.794 bits per heavy atom. The number of rotatable bonds is 26. The van der Waals surface area contributed by atoms with Crippen molar-refractivity contribution in [1.82, 2.24) is 5.43 Å². The van der Waals surface area contributed by atoms with E-state index in [0.29, 0.717) is 11.0 Å². The Bertz CT molecular complexity index is 415. The zero-order chi connectivity index (χ0) is 24.5. The fraction of sp³-hybridized carbons (Fsp3) is 0.967. The molecule has 0 radical (unpaired) electrons. The van der Waals surface area contributed by atoms with Crippen LogP contribution in [0, 0.1) is 0 Å². The van der Waals surface area contributed by atoms with Gasteiger partial charge in [0.05, 0.1) is 14.1 Å². The zero-order valence-electron chi connectivity index (χ0n) is 23.9. The van der Waals surface area contributed by atoms with E-state index in [4.69, 9.17) is 0 Å². The molecule has 0 unspecified atom stereocenters. The predicted molar refractivity (Wildman–Crippen MR) is 147 cm³/mol. The number of hydrogen-bond acceptors (Lipinski definition) is 1. The molecule has 4 heteroatoms. The van der Waals surface area contributed by atoms with Crippen molar-refractivity contribution < 1.29 is 26.4 Å². The van der Waals surface area contributed by atoms with E-state index in [2.05, 4.69) is 33.4 Å². The highest BCUT2D eigenvalue weighted by molar-refractivity contribution is 5.74. The normalized spacial score (nSPS) is 11.4. The van der Waals surface area contributed by atoms with Gasteiger partial charge in [0, 0.05) is 6.42 Å². The van der Waals surface area contributed by atoms with Crippen LogP contribution in [0.15, 0.2) is 0 Å². The molecule has 206 valence electrons. The number of nitrogens with zero attached hydrogens (tertiary/aromatic N) is 1. The second kappa shape index (κ2) is 27.5. The number of amides is 1. The molecule has 0 heterocycles. The molecule has 34 heavy (non-hydrogen) atoms. The van der Waals surface area contributed by atoms with Crippen LogP contribution in [0.4, 0.5) is 0 Å². The Morgan fingerprint density at radius 3 is 1.15 bits per heavy atom. The van der Waals surface area contributed by atoms with E-state index in [1.54, 1.807) is 0 Å². The number of carbonyl (C=O) groups excluding carboxylic acids is 1. The number of unbranched alkanes of at least 4 members (excludes halogenated alkanes) is 21. The highest BCUT2D eigenvalue weighted by Gasteiger charge is 2.17. The quantitative estimate of drug-likeness (QED) is 0.0748. The van der Waals surface area contributed by atoms with E-state index in [9.17, 15) is 4.79 Å². The molecule has 0 saturated carbocycles. The van der Waals surface area contributed by atoms with Crippen LogP contribution in [0.2, 0.25) is 0 Å². The van der Waals surface area contributed by atoms with E-state index in [1.165, 1.54) is 141 Å². The molecule has 0 aromatic carbocycles. The number of halogens is 1. The van der Waals surface area contributed by atoms with Crippen molar-refractivity contribution in [3.8, 4) is 0 Å². The predicted octanol–water partition coefficient (Wildman–Crippen LogP) is 6.50. The maximum absolute atomic E-state index is 12.3. The lowest BCUT2D eigenvalue weighted by atomic mass is 10.1. The Labute approximate surface area is 225 Å². The summed E-state index contributed by atoms with van der Waals surface area (Å²) in [6, 6.07) is 0. The summed E-state index contributed by atoms with van der Waals surface area (Å²) >= 11 is 0. The summed E-state index contributed by atoms with van der Waals surface area (Å²) in [4.78, 5) is 12.3. The second-order valence-corrected chi connectivity index (χ2v) is 11.1. The van der Waals surface area contributed by atoms with Gasteiger partial charge >= 0.3 is 0 Å². The van der Waals surface area contributed by atoms with Crippen LogP contribution in [0.3, 0.4) is 0 Å². The molecule has 0 saturated heterocycles. The van der Waals surface area contributed by atoms with Crippen molar-refractivity contribution in [2.75, 3.05) is 20.6 Å². The van der Waals surface area contributed by atoms with Gasteiger partial charge in [-0.05, 0) is 19.3 Å². The van der Waals surface area contributed by atoms with Crippen molar-refractivity contribution in [2.24, 2.45) is 0 Å². The number of hydrogen-bond donors (Lipinski definition) is 1. The average molecular weight is 548 g/mol. The minimum atomic E-state index is 0. The van der Waals surface area contributed by atoms with Crippen LogP contribution in [0.25, 0.3) is 0 Å². The third kappa shape index (κ3) is 28.1. The first-order valence-electron chi connectivity index (χ1n) is 15.2. The largest absolute Gasteiger partial charge is 1.00 e. The van der Waals surface area contributed by atoms with Crippen LogP contribution >= 0.6 is 0 Å². The first-order valence-corrected chi connectivity index (χ1v) is 15.2. The van der Waals surface area contributed by atoms with Gasteiger partial charge in [-0.1, -0.05) is 142 Å². The number of nitrogens with one attached hydrogen (secondary N) is 1. The summed E-state index contributed by atoms with van der Waals surface area (Å²) in [5.41, 5.74) is 3.23. The Hall–Kier alpha value is -0.0900. The molecule has 1 N–H and O–H groups in total. The standard InChI is InChI=1S/C30H62N2O.BrH/c1-5-7-9-11-13-15-17-19-21-23-25-27-29-32(3,4)31-30(33)28-26-24-22-20-18-16-14-12-10-8-6-2;/h5-29H2,1-4H3;1H. The minimum Gasteiger partial charge on any atom is -1.00 e. The monoisotopic (exact) mass is 546 g/mol. The Balaban J connectivity index is 0. The molecule has 0 aliphatic rings. The Kier molecular flexibility index (Phi) is 29.2. The van der Waals surface area contributed by atoms with Gasteiger partial charge in [-0.25, -0.2) is 10.0 Å². The van der Waals surface area contributed by atoms with Gasteiger partial charge in [-0.2, -0.15) is 0 Å². The molecule has 1 amide bonds. The first kappa shape index (κ1) is 36.1. The number of quaternary nitrogens is 1. The van der Waals surface area contributed by atoms with Crippen LogP contribution in [-0.2, 0) is 4.79 Å². The van der Waals surface area contributed by atoms with Gasteiger partial charge in [0.1, 0.15) is 6.54 Å². The van der Waals surface area contributed by atoms with Crippen molar-refractivity contribution in [2.45, 2.75) is 168 Å². The van der Waals surface area contributed by atoms with Crippen LogP contribution in [0.5, 0.6) is 0 Å². The summed E-state index contributed by atoms with van der Waals surface area (Å²) in [5.74, 6) is 0.231. The van der Waals surface area contributed by atoms with E-state index >= 15 is 0 Å². The third-order valence-corrected chi connectivity index (χ3v) is 7.01. The van der Waals surface area contributed by atoms with E-state index in [-0.39, 0.29) is 22.9 Å². The van der Waals surface area contributed by atoms with Crippen molar-refractivity contribution in [1.29, 1.82) is 0 Å². The lowest BCUT2D eigenvalue weighted by Crippen LogP contribution is -3.00. The Morgan fingerprint density at radius 1 is 0.500 bits per heavy atom. The molecule has 0 aliphatic carbocycles. The molecular formula is C30H63BrN2O. The lowest BCUT2D eigenvalue weighted by molar-refractivity contribution is -0.925. The molecule has 0 aliphatic heterocycles. The highest BCUT2D eigenvalue weighted by Crippen LogP contribution is 2.13. The van der Waals surface area contributed by atoms with Crippen LogP contribution in [-0.4, -0.2) is 31.1 Å². The molecule has 0 aromatic rings. The molecule has 0 rings (SSSR count). The maximum atomic E-state index is 12.3. The fourth-order valence-electron chi connectivity index (χ4n) is 4.75. The zero-order valence-corrected chi connectivity index (χ0v) is 25.5. The maximum Gasteiger partial charge on any atom is 0.264 e. The topological polar surface area (TPSA) is 29.1 Å². The third-order valence-electron chi connectivity index (χ3n) is 7.01. The lowest BCUT2D eigenvalue weighted by Gasteiger charge is -2.29. The molecule has 0 fully saturated rings. The smallest absolute Gasteiger partial charge is 0.264 e. The molecular weight excluding hydrogens is 484 g/mol. The summed E-state index contributed by atoms with van der Waals surface area (Å²) in [7, 11) is 4.27. The second-order valence-electron chi connectivity index (χ2n) is 11.1. The molecule has 0 spiro atoms. The van der Waals surface area contributed by atoms with Gasteiger partial charge in [0.15, 0.2) is 0 Å². The van der Waals surface area contributed by atoms with Crippen molar-refractivity contribution >= 4 is 5.91 Å². The van der Waals surface area contributed by atoms with Crippen LogP contribution in [0.1, 0.15) is 168 Å². The number of carbonyl (C=O) groups is 1. The van der Waals surface area contributed by atoms with Gasteiger partial charge in [-0.15, -0.1) is 0 Å². The van der Waals surface area contributed by atoms with Gasteiger partial charge < -0.3 is 17.0 Å². The SMILES string of the molecule is CCCCCCCCCCCCCC[N+](C)(C)NC(=O)CCCCCCCCCCCCC.[Br-]. The van der Waals surface area contributed by atoms with Gasteiger partial charge in [-0.3, -0.25) is 4.79 Å². The summed E-state index contributed by atoms with van der Waals surface area (Å²) in [6.07, 6.45) is 31.9. The summed E-state index contributed by atoms with van der Waals surface area (Å²) in [5, 5.41) is 0. The average Bonchev–Trinajstić information content (AvgIpc) is 2.78. The molecule has 3 nitrogen and oxygen atoms in total. The van der Waals surface area contributed by atoms with Gasteiger partial charge in [0.25, 0.3) is 5.91 Å². The van der Waals surface area contributed by atoms with Gasteiger partial charge in [0.2, 0.25) is 0 Å². The van der Waals surface area contributed by atoms with Crippen molar-refractivity contribution in [3.05, 3.63) is 0 Å². The van der Waals surface area contributed by atoms with Crippen molar-refractivity contribution in [3.63, 3.8) is 0 Å². The fourth-order valence-corrected chi connectivity index (χ4v) is 4.75. The first-order chi connectivity index (χ1) is 16.0. The molecule has 0 aromatic heterocycles. The van der Waals surface area contributed by atoms with E-state index < -0.39 is 0 Å². The summed E-state index contributed by atoms with van der Waals surface area (Å²) in [6.45, 7) is 5.61. The van der Waals surface area contributed by atoms with Crippen LogP contribution < -0.4 is 22.4 Å². The minimum absolute atomic E-state index is 0. The highest BCUT2D eigenvalue weighted by atomic mass is 79.9. The molecule has 0 bridgehead atoms. The van der Waals surface area contributed by atoms with E-state index in [1.807, 2.05) is 0 Å². The van der Waals surface area contributed by atoms with E-state index in [0.717, 1.165) is 13.0 Å². The molecule has 0 atom stereocenters.